The Kier molecular flexibility index (Phi) is 6.06. The molecule has 2 aromatic carbocycles. The Morgan fingerprint density at radius 1 is 0.786 bits per heavy atom. The Balaban J connectivity index is 1.90. The molecule has 0 saturated carbocycles. The minimum atomic E-state index is -0.696. The number of carbonyl (C=O) groups excluding carboxylic acids is 2. The number of hydrogen-bond acceptors (Lipinski definition) is 8. The molecule has 0 aliphatic carbocycles. The van der Waals surface area contributed by atoms with Crippen molar-refractivity contribution < 1.29 is 19.4 Å². The zero-order chi connectivity index (χ0) is 20.8. The van der Waals surface area contributed by atoms with E-state index in [-0.39, 0.29) is 47.0 Å². The number of anilines is 2. The molecule has 0 saturated heterocycles. The molecule has 0 unspecified atom stereocenters. The average molecular weight is 388 g/mol. The van der Waals surface area contributed by atoms with Crippen LogP contribution in [-0.2, 0) is 0 Å². The molecule has 12 nitrogen and oxygen atoms in total. The van der Waals surface area contributed by atoms with E-state index < -0.39 is 21.7 Å². The number of benzene rings is 2. The fraction of sp³-hybridized carbons (Fsp3) is 0.125. The highest BCUT2D eigenvalue weighted by Crippen LogP contribution is 2.23. The molecule has 0 fully saturated rings. The number of nitrogens with zero attached hydrogens (tertiary/aromatic N) is 2. The number of nitrogens with two attached hydrogens (primary N) is 2. The van der Waals surface area contributed by atoms with E-state index in [0.717, 1.165) is 12.1 Å². The minimum absolute atomic E-state index is 0.0276. The van der Waals surface area contributed by atoms with Crippen LogP contribution in [0.25, 0.3) is 0 Å². The molecular weight excluding hydrogens is 372 g/mol. The highest BCUT2D eigenvalue weighted by molar-refractivity contribution is 5.96. The second kappa shape index (κ2) is 8.44. The van der Waals surface area contributed by atoms with E-state index in [1.807, 2.05) is 0 Å². The van der Waals surface area contributed by atoms with Crippen LogP contribution in [0.2, 0.25) is 0 Å². The highest BCUT2D eigenvalue weighted by atomic mass is 16.6. The van der Waals surface area contributed by atoms with Gasteiger partial charge in [-0.25, -0.2) is 0 Å². The van der Waals surface area contributed by atoms with Crippen LogP contribution in [0.3, 0.4) is 0 Å². The molecule has 0 radical (unpaired) electrons. The second-order valence-electron chi connectivity index (χ2n) is 5.57. The van der Waals surface area contributed by atoms with Crippen LogP contribution < -0.4 is 22.1 Å². The van der Waals surface area contributed by atoms with Crippen molar-refractivity contribution in [1.82, 2.24) is 10.6 Å². The van der Waals surface area contributed by atoms with Crippen LogP contribution in [0.1, 0.15) is 20.7 Å². The maximum Gasteiger partial charge on any atom is 0.292 e. The molecule has 0 spiro atoms. The van der Waals surface area contributed by atoms with Crippen molar-refractivity contribution in [2.24, 2.45) is 0 Å². The van der Waals surface area contributed by atoms with Gasteiger partial charge in [-0.3, -0.25) is 29.8 Å². The number of carbonyl (C=O) groups is 2. The highest BCUT2D eigenvalue weighted by Gasteiger charge is 2.17. The molecule has 28 heavy (non-hydrogen) atoms. The van der Waals surface area contributed by atoms with Gasteiger partial charge in [-0.05, 0) is 24.3 Å². The largest absolute Gasteiger partial charge is 0.393 e. The van der Waals surface area contributed by atoms with Gasteiger partial charge in [-0.2, -0.15) is 0 Å². The molecule has 0 heterocycles. The van der Waals surface area contributed by atoms with Crippen molar-refractivity contribution in [2.75, 3.05) is 24.6 Å². The Morgan fingerprint density at radius 3 is 1.46 bits per heavy atom. The van der Waals surface area contributed by atoms with E-state index >= 15 is 0 Å². The van der Waals surface area contributed by atoms with Gasteiger partial charge in [0.1, 0.15) is 11.4 Å². The number of rotatable bonds is 7. The molecule has 0 aromatic heterocycles. The predicted octanol–water partition coefficient (Wildman–Crippen LogP) is 0.827. The third-order valence-corrected chi connectivity index (χ3v) is 3.67. The lowest BCUT2D eigenvalue weighted by molar-refractivity contribution is -0.384. The maximum atomic E-state index is 12.0. The van der Waals surface area contributed by atoms with Gasteiger partial charge in [-0.15, -0.1) is 0 Å². The van der Waals surface area contributed by atoms with Crippen LogP contribution >= 0.6 is 0 Å². The molecule has 6 N–H and O–H groups in total. The fourth-order valence-corrected chi connectivity index (χ4v) is 2.24. The van der Waals surface area contributed by atoms with E-state index in [1.54, 1.807) is 0 Å². The van der Waals surface area contributed by atoms with Gasteiger partial charge in [0.05, 0.1) is 9.85 Å². The average Bonchev–Trinajstić information content (AvgIpc) is 2.65. The summed E-state index contributed by atoms with van der Waals surface area (Å²) in [7, 11) is 0. The summed E-state index contributed by atoms with van der Waals surface area (Å²) in [5.74, 6) is -1.17. The number of nitrogen functional groups attached to an aromatic ring is 2. The lowest BCUT2D eigenvalue weighted by Crippen LogP contribution is -2.34. The van der Waals surface area contributed by atoms with Gasteiger partial charge in [-0.1, -0.05) is 0 Å². The molecule has 0 atom stereocenters. The zero-order valence-corrected chi connectivity index (χ0v) is 14.4. The minimum Gasteiger partial charge on any atom is -0.393 e. The Hall–Kier alpha value is -4.22. The van der Waals surface area contributed by atoms with Crippen LogP contribution in [-0.4, -0.2) is 34.8 Å². The molecule has 2 aromatic rings. The van der Waals surface area contributed by atoms with Crippen LogP contribution in [0, 0.1) is 20.2 Å². The van der Waals surface area contributed by atoms with Crippen molar-refractivity contribution >= 4 is 34.6 Å². The van der Waals surface area contributed by atoms with Gasteiger partial charge >= 0.3 is 0 Å². The van der Waals surface area contributed by atoms with E-state index in [2.05, 4.69) is 10.6 Å². The maximum absolute atomic E-state index is 12.0. The summed E-state index contributed by atoms with van der Waals surface area (Å²) in [6, 6.07) is 7.28. The quantitative estimate of drug-likeness (QED) is 0.231. The lowest BCUT2D eigenvalue weighted by Gasteiger charge is -2.08. The van der Waals surface area contributed by atoms with Gasteiger partial charge in [0.25, 0.3) is 23.2 Å². The first-order chi connectivity index (χ1) is 13.2. The van der Waals surface area contributed by atoms with Crippen molar-refractivity contribution in [2.45, 2.75) is 0 Å². The normalized spacial score (nSPS) is 10.1. The number of nitrogens with one attached hydrogen (secondary N) is 2. The van der Waals surface area contributed by atoms with E-state index in [4.69, 9.17) is 11.5 Å². The molecule has 146 valence electrons. The first kappa shape index (κ1) is 20.1. The summed E-state index contributed by atoms with van der Waals surface area (Å²) >= 11 is 0. The van der Waals surface area contributed by atoms with Crippen LogP contribution in [0.4, 0.5) is 22.7 Å². The first-order valence-electron chi connectivity index (χ1n) is 7.85. The third kappa shape index (κ3) is 4.69. The van der Waals surface area contributed by atoms with E-state index in [9.17, 15) is 29.8 Å². The van der Waals surface area contributed by atoms with E-state index in [1.165, 1.54) is 24.3 Å². The van der Waals surface area contributed by atoms with Gasteiger partial charge in [0.2, 0.25) is 0 Å². The smallest absolute Gasteiger partial charge is 0.292 e. The van der Waals surface area contributed by atoms with Crippen molar-refractivity contribution in [3.05, 3.63) is 67.8 Å². The summed E-state index contributed by atoms with van der Waals surface area (Å²) in [4.78, 5) is 44.4. The van der Waals surface area contributed by atoms with E-state index in [0.29, 0.717) is 0 Å². The molecular formula is C16H16N6O6. The number of amides is 2. The summed E-state index contributed by atoms with van der Waals surface area (Å²) in [5, 5.41) is 26.7. The first-order valence-corrected chi connectivity index (χ1v) is 7.85. The summed E-state index contributed by atoms with van der Waals surface area (Å²) in [6.45, 7) is 0.0552. The van der Waals surface area contributed by atoms with Crippen molar-refractivity contribution in [3.8, 4) is 0 Å². The second-order valence-corrected chi connectivity index (χ2v) is 5.57. The summed E-state index contributed by atoms with van der Waals surface area (Å²) in [5.41, 5.74) is 10.1. The Bertz CT molecular complexity index is 883. The van der Waals surface area contributed by atoms with Crippen molar-refractivity contribution in [1.29, 1.82) is 0 Å². The Morgan fingerprint density at radius 2 is 1.14 bits per heavy atom. The number of nitro benzene ring substituents is 2. The monoisotopic (exact) mass is 388 g/mol. The molecule has 0 bridgehead atoms. The zero-order valence-electron chi connectivity index (χ0n) is 14.4. The molecule has 0 aliphatic rings. The molecule has 2 rings (SSSR count). The summed E-state index contributed by atoms with van der Waals surface area (Å²) < 4.78 is 0. The van der Waals surface area contributed by atoms with Gasteiger partial charge in [0.15, 0.2) is 0 Å². The summed E-state index contributed by atoms with van der Waals surface area (Å²) in [6.07, 6.45) is 0. The Labute approximate surface area is 157 Å². The van der Waals surface area contributed by atoms with Gasteiger partial charge in [0, 0.05) is 36.3 Å². The standard InChI is InChI=1S/C16H16N6O6/c17-11-3-1-9(7-13(11)21(25)26)15(23)19-5-6-20-16(24)10-2-4-12(18)14(8-10)22(27)28/h1-4,7-8H,5-6,17-18H2,(H,19,23)(H,20,24). The molecule has 2 amide bonds. The van der Waals surface area contributed by atoms with Gasteiger partial charge < -0.3 is 22.1 Å². The topological polar surface area (TPSA) is 197 Å². The third-order valence-electron chi connectivity index (χ3n) is 3.67. The van der Waals surface area contributed by atoms with Crippen LogP contribution in [0.5, 0.6) is 0 Å². The fourth-order valence-electron chi connectivity index (χ4n) is 2.24. The predicted molar refractivity (Wildman–Crippen MR) is 99.7 cm³/mol. The van der Waals surface area contributed by atoms with Crippen LogP contribution in [0.15, 0.2) is 36.4 Å². The number of hydrogen-bond donors (Lipinski definition) is 4. The SMILES string of the molecule is Nc1ccc(C(=O)NCCNC(=O)c2ccc(N)c([N+](=O)[O-])c2)cc1[N+](=O)[O-]. The molecule has 0 aliphatic heterocycles. The van der Waals surface area contributed by atoms with Crippen molar-refractivity contribution in [3.63, 3.8) is 0 Å². The molecule has 12 heteroatoms. The lowest BCUT2D eigenvalue weighted by atomic mass is 10.1. The number of nitro groups is 2.